The summed E-state index contributed by atoms with van der Waals surface area (Å²) < 4.78 is 4.91. The first-order valence-electron chi connectivity index (χ1n) is 3.22. The molecule has 2 fully saturated rings. The number of rotatable bonds is 0. The van der Waals surface area contributed by atoms with Gasteiger partial charge in [-0.2, -0.15) is 0 Å². The van der Waals surface area contributed by atoms with Crippen molar-refractivity contribution in [1.82, 2.24) is 0 Å². The zero-order valence-electron chi connectivity index (χ0n) is 5.45. The third-order valence-electron chi connectivity index (χ3n) is 2.22. The lowest BCUT2D eigenvalue weighted by Crippen LogP contribution is -2.48. The Morgan fingerprint density at radius 3 is 2.70 bits per heavy atom. The average Bonchev–Trinajstić information content (AvgIpc) is 2.08. The Morgan fingerprint density at radius 2 is 2.30 bits per heavy atom. The van der Waals surface area contributed by atoms with Gasteiger partial charge in [0, 0.05) is 18.4 Å². The summed E-state index contributed by atoms with van der Waals surface area (Å²) in [6.07, 6.45) is 1.59. The van der Waals surface area contributed by atoms with E-state index in [1.165, 1.54) is 0 Å². The fourth-order valence-corrected chi connectivity index (χ4v) is 1.53. The third-order valence-corrected chi connectivity index (χ3v) is 2.22. The second kappa shape index (κ2) is 2.40. The molecule has 2 aliphatic rings. The van der Waals surface area contributed by atoms with Crippen LogP contribution in [0.2, 0.25) is 0 Å². The number of ether oxygens (including phenoxy) is 1. The fourth-order valence-electron chi connectivity index (χ4n) is 1.53. The van der Waals surface area contributed by atoms with Gasteiger partial charge in [0.25, 0.3) is 0 Å². The van der Waals surface area contributed by atoms with Gasteiger partial charge in [0.2, 0.25) is 0 Å². The number of hydrogen-bond acceptors (Lipinski definition) is 3. The minimum Gasteiger partial charge on any atom is -0.462 e. The van der Waals surface area contributed by atoms with Crippen molar-refractivity contribution < 1.29 is 9.53 Å². The zero-order valence-corrected chi connectivity index (χ0v) is 6.26. The number of carbonyl (C=O) groups is 1. The summed E-state index contributed by atoms with van der Waals surface area (Å²) in [5, 5.41) is 0. The maximum atomic E-state index is 10.6. The highest BCUT2D eigenvalue weighted by Gasteiger charge is 2.47. The monoisotopic (exact) mass is 163 g/mol. The molecule has 0 aromatic carbocycles. The molecule has 2 rings (SSSR count). The van der Waals surface area contributed by atoms with E-state index in [2.05, 4.69) is 0 Å². The van der Waals surface area contributed by atoms with E-state index >= 15 is 0 Å². The minimum absolute atomic E-state index is 0. The lowest BCUT2D eigenvalue weighted by Gasteiger charge is -2.34. The summed E-state index contributed by atoms with van der Waals surface area (Å²) in [5.74, 6) is 0.274. The van der Waals surface area contributed by atoms with Crippen molar-refractivity contribution in [2.24, 2.45) is 11.7 Å². The van der Waals surface area contributed by atoms with Gasteiger partial charge in [-0.25, -0.2) is 0 Å². The molecule has 1 aliphatic heterocycles. The van der Waals surface area contributed by atoms with Gasteiger partial charge in [0.05, 0.1) is 6.42 Å². The molecule has 0 amide bonds. The first-order valence-corrected chi connectivity index (χ1v) is 3.22. The van der Waals surface area contributed by atoms with E-state index in [1.54, 1.807) is 0 Å². The van der Waals surface area contributed by atoms with E-state index in [4.69, 9.17) is 10.5 Å². The quantitative estimate of drug-likeness (QED) is 0.515. The number of nitrogens with two attached hydrogens (primary N) is 1. The van der Waals surface area contributed by atoms with Gasteiger partial charge in [0.1, 0.15) is 6.10 Å². The number of esters is 1. The largest absolute Gasteiger partial charge is 0.462 e. The van der Waals surface area contributed by atoms with Gasteiger partial charge in [-0.15, -0.1) is 12.4 Å². The second-order valence-corrected chi connectivity index (χ2v) is 2.80. The molecule has 3 nitrogen and oxygen atoms in total. The summed E-state index contributed by atoms with van der Waals surface area (Å²) in [6.45, 7) is 0. The second-order valence-electron chi connectivity index (χ2n) is 2.80. The number of halogens is 1. The summed E-state index contributed by atoms with van der Waals surface area (Å²) >= 11 is 0. The maximum absolute atomic E-state index is 10.6. The van der Waals surface area contributed by atoms with Crippen molar-refractivity contribution in [3.8, 4) is 0 Å². The zero-order chi connectivity index (χ0) is 6.43. The van der Waals surface area contributed by atoms with Crippen LogP contribution >= 0.6 is 12.4 Å². The van der Waals surface area contributed by atoms with Crippen LogP contribution in [0.5, 0.6) is 0 Å². The molecule has 2 N–H and O–H groups in total. The predicted octanol–water partition coefficient (Wildman–Crippen LogP) is 0.0709. The smallest absolute Gasteiger partial charge is 0.306 e. The van der Waals surface area contributed by atoms with Gasteiger partial charge in [-0.1, -0.05) is 0 Å². The van der Waals surface area contributed by atoms with Gasteiger partial charge in [-0.3, -0.25) is 4.79 Å². The normalized spacial score (nSPS) is 42.9. The molecule has 0 unspecified atom stereocenters. The molecule has 1 saturated heterocycles. The van der Waals surface area contributed by atoms with Crippen molar-refractivity contribution in [3.63, 3.8) is 0 Å². The van der Waals surface area contributed by atoms with E-state index < -0.39 is 0 Å². The molecular formula is C6H10ClNO2. The predicted molar refractivity (Wildman–Crippen MR) is 37.8 cm³/mol. The van der Waals surface area contributed by atoms with Crippen LogP contribution in [0.25, 0.3) is 0 Å². The van der Waals surface area contributed by atoms with E-state index in [1.807, 2.05) is 0 Å². The molecule has 1 saturated carbocycles. The highest BCUT2D eigenvalue weighted by Crippen LogP contribution is 2.37. The molecular weight excluding hydrogens is 154 g/mol. The van der Waals surface area contributed by atoms with Crippen molar-refractivity contribution in [2.45, 2.75) is 25.0 Å². The molecule has 1 heterocycles. The van der Waals surface area contributed by atoms with Crippen molar-refractivity contribution in [2.75, 3.05) is 0 Å². The summed E-state index contributed by atoms with van der Waals surface area (Å²) in [5.41, 5.74) is 5.59. The SMILES string of the molecule is Cl.N[C@@H]1C[C@H]2OC(=O)C[C@@H]12. The van der Waals surface area contributed by atoms with Gasteiger partial charge < -0.3 is 10.5 Å². The Labute approximate surface area is 65.3 Å². The molecule has 0 spiro atoms. The van der Waals surface area contributed by atoms with Crippen molar-refractivity contribution >= 4 is 18.4 Å². The van der Waals surface area contributed by atoms with E-state index in [0.29, 0.717) is 12.3 Å². The first-order chi connectivity index (χ1) is 4.27. The van der Waals surface area contributed by atoms with E-state index in [-0.39, 0.29) is 30.5 Å². The molecule has 0 radical (unpaired) electrons. The Kier molecular flexibility index (Phi) is 1.88. The molecule has 0 aromatic rings. The van der Waals surface area contributed by atoms with Crippen LogP contribution in [0.15, 0.2) is 0 Å². The van der Waals surface area contributed by atoms with E-state index in [0.717, 1.165) is 6.42 Å². The lowest BCUT2D eigenvalue weighted by atomic mass is 9.77. The Balaban J connectivity index is 0.000000500. The third kappa shape index (κ3) is 0.896. The molecule has 3 atom stereocenters. The molecule has 1 aliphatic carbocycles. The number of fused-ring (bicyclic) bond motifs is 1. The van der Waals surface area contributed by atoms with E-state index in [9.17, 15) is 4.79 Å². The van der Waals surface area contributed by atoms with Gasteiger partial charge >= 0.3 is 5.97 Å². The Morgan fingerprint density at radius 1 is 1.60 bits per heavy atom. The van der Waals surface area contributed by atoms with Crippen LogP contribution in [-0.2, 0) is 9.53 Å². The van der Waals surface area contributed by atoms with Gasteiger partial charge in [0.15, 0.2) is 0 Å². The fraction of sp³-hybridized carbons (Fsp3) is 0.833. The Hall–Kier alpha value is -0.280. The molecule has 58 valence electrons. The van der Waals surface area contributed by atoms with Crippen LogP contribution in [0.3, 0.4) is 0 Å². The number of carbonyl (C=O) groups excluding carboxylic acids is 1. The minimum atomic E-state index is -0.0713. The van der Waals surface area contributed by atoms with Crippen LogP contribution in [0, 0.1) is 5.92 Å². The van der Waals surface area contributed by atoms with Gasteiger partial charge in [-0.05, 0) is 0 Å². The summed E-state index contributed by atoms with van der Waals surface area (Å²) in [6, 6.07) is 0.224. The highest BCUT2D eigenvalue weighted by atomic mass is 35.5. The Bertz CT molecular complexity index is 162. The van der Waals surface area contributed by atoms with Crippen LogP contribution in [-0.4, -0.2) is 18.1 Å². The van der Waals surface area contributed by atoms with Crippen LogP contribution in [0.4, 0.5) is 0 Å². The molecule has 4 heteroatoms. The van der Waals surface area contributed by atoms with Crippen molar-refractivity contribution in [3.05, 3.63) is 0 Å². The van der Waals surface area contributed by atoms with Crippen LogP contribution < -0.4 is 5.73 Å². The topological polar surface area (TPSA) is 52.3 Å². The lowest BCUT2D eigenvalue weighted by molar-refractivity contribution is -0.143. The molecule has 0 aromatic heterocycles. The summed E-state index contributed by atoms with van der Waals surface area (Å²) in [4.78, 5) is 10.6. The molecule has 10 heavy (non-hydrogen) atoms. The first kappa shape index (κ1) is 7.82. The maximum Gasteiger partial charge on any atom is 0.306 e. The highest BCUT2D eigenvalue weighted by molar-refractivity contribution is 5.85. The molecule has 0 bridgehead atoms. The van der Waals surface area contributed by atoms with Crippen LogP contribution in [0.1, 0.15) is 12.8 Å². The number of hydrogen-bond donors (Lipinski definition) is 1. The standard InChI is InChI=1S/C6H9NO2.ClH/c7-4-2-5-3(4)1-6(8)9-5;/h3-5H,1-2,7H2;1H/t3-,4+,5+;/m0./s1. The van der Waals surface area contributed by atoms with Crippen molar-refractivity contribution in [1.29, 1.82) is 0 Å². The summed E-state index contributed by atoms with van der Waals surface area (Å²) in [7, 11) is 0. The average molecular weight is 164 g/mol.